The highest BCUT2D eigenvalue weighted by Crippen LogP contribution is 2.36. The molecule has 1 aromatic rings. The van der Waals surface area contributed by atoms with Crippen molar-refractivity contribution >= 4 is 9.84 Å². The molecule has 0 spiro atoms. The summed E-state index contributed by atoms with van der Waals surface area (Å²) in [5.74, 6) is 0.901. The van der Waals surface area contributed by atoms with E-state index in [2.05, 4.69) is 5.32 Å². The van der Waals surface area contributed by atoms with Crippen LogP contribution in [-0.4, -0.2) is 31.1 Å². The van der Waals surface area contributed by atoms with Crippen LogP contribution >= 0.6 is 0 Å². The molecule has 4 nitrogen and oxygen atoms in total. The lowest BCUT2D eigenvalue weighted by atomic mass is 10.1. The number of nitrogens with one attached hydrogen (secondary N) is 1. The molecule has 0 amide bonds. The summed E-state index contributed by atoms with van der Waals surface area (Å²) in [5.41, 5.74) is 2.13. The lowest BCUT2D eigenvalue weighted by Crippen LogP contribution is -2.32. The van der Waals surface area contributed by atoms with E-state index in [1.807, 2.05) is 12.1 Å². The molecule has 1 aliphatic carbocycles. The Bertz CT molecular complexity index is 568. The minimum Gasteiger partial charge on any atom is -0.508 e. The second-order valence-electron chi connectivity index (χ2n) is 5.20. The van der Waals surface area contributed by atoms with E-state index in [0.29, 0.717) is 17.9 Å². The second-order valence-corrected chi connectivity index (χ2v) is 7.43. The number of hydrogen-bond acceptors (Lipinski definition) is 4. The molecule has 5 heteroatoms. The van der Waals surface area contributed by atoms with Gasteiger partial charge in [0, 0.05) is 12.1 Å². The highest BCUT2D eigenvalue weighted by atomic mass is 32.2. The molecule has 2 aliphatic rings. The first-order valence-electron chi connectivity index (χ1n) is 6.32. The molecular formula is C13H17NO3S. The maximum Gasteiger partial charge on any atom is 0.151 e. The van der Waals surface area contributed by atoms with Gasteiger partial charge in [-0.15, -0.1) is 0 Å². The van der Waals surface area contributed by atoms with Gasteiger partial charge in [0.15, 0.2) is 9.84 Å². The molecule has 2 atom stereocenters. The van der Waals surface area contributed by atoms with E-state index in [4.69, 9.17) is 0 Å². The Morgan fingerprint density at radius 3 is 2.83 bits per heavy atom. The summed E-state index contributed by atoms with van der Waals surface area (Å²) in [7, 11) is -2.83. The largest absolute Gasteiger partial charge is 0.508 e. The Morgan fingerprint density at radius 1 is 1.28 bits per heavy atom. The third-order valence-electron chi connectivity index (χ3n) is 3.92. The highest BCUT2D eigenvalue weighted by molar-refractivity contribution is 7.91. The fourth-order valence-electron chi connectivity index (χ4n) is 3.02. The predicted molar refractivity (Wildman–Crippen MR) is 69.4 cm³/mol. The van der Waals surface area contributed by atoms with Crippen molar-refractivity contribution in [1.29, 1.82) is 0 Å². The quantitative estimate of drug-likeness (QED) is 0.844. The molecule has 0 radical (unpaired) electrons. The monoisotopic (exact) mass is 267 g/mol. The summed E-state index contributed by atoms with van der Waals surface area (Å²) in [6.07, 6.45) is 2.50. The molecule has 1 aromatic carbocycles. The van der Waals surface area contributed by atoms with E-state index < -0.39 is 9.84 Å². The van der Waals surface area contributed by atoms with Gasteiger partial charge in [-0.1, -0.05) is 12.1 Å². The molecule has 1 heterocycles. The van der Waals surface area contributed by atoms with Crippen molar-refractivity contribution in [3.05, 3.63) is 29.3 Å². The van der Waals surface area contributed by atoms with Gasteiger partial charge in [-0.05, 0) is 36.5 Å². The first kappa shape index (κ1) is 12.0. The zero-order chi connectivity index (χ0) is 12.8. The van der Waals surface area contributed by atoms with E-state index in [9.17, 15) is 13.5 Å². The van der Waals surface area contributed by atoms with Gasteiger partial charge in [0.2, 0.25) is 0 Å². The topological polar surface area (TPSA) is 66.4 Å². The third-order valence-corrected chi connectivity index (χ3v) is 5.68. The lowest BCUT2D eigenvalue weighted by molar-refractivity contribution is 0.458. The number of sulfone groups is 1. The van der Waals surface area contributed by atoms with Gasteiger partial charge >= 0.3 is 0 Å². The average Bonchev–Trinajstić information content (AvgIpc) is 2.85. The maximum absolute atomic E-state index is 11.4. The molecule has 98 valence electrons. The highest BCUT2D eigenvalue weighted by Gasteiger charge is 2.32. The van der Waals surface area contributed by atoms with Gasteiger partial charge in [0.1, 0.15) is 5.75 Å². The van der Waals surface area contributed by atoms with Crippen LogP contribution in [0.4, 0.5) is 0 Å². The van der Waals surface area contributed by atoms with Crippen LogP contribution in [0.2, 0.25) is 0 Å². The van der Waals surface area contributed by atoms with Gasteiger partial charge in [-0.3, -0.25) is 0 Å². The van der Waals surface area contributed by atoms with Gasteiger partial charge in [0.05, 0.1) is 11.5 Å². The first-order chi connectivity index (χ1) is 8.55. The Kier molecular flexibility index (Phi) is 2.83. The molecule has 2 unspecified atom stereocenters. The van der Waals surface area contributed by atoms with E-state index in [0.717, 1.165) is 24.0 Å². The predicted octanol–water partition coefficient (Wildman–Crippen LogP) is 1.16. The summed E-state index contributed by atoms with van der Waals surface area (Å²) >= 11 is 0. The van der Waals surface area contributed by atoms with E-state index >= 15 is 0 Å². The van der Waals surface area contributed by atoms with Crippen LogP contribution in [0.25, 0.3) is 0 Å². The molecule has 0 aromatic heterocycles. The number of hydrogen-bond donors (Lipinski definition) is 2. The number of phenols is 1. The fraction of sp³-hybridized carbons (Fsp3) is 0.538. The zero-order valence-corrected chi connectivity index (χ0v) is 10.9. The molecule has 1 saturated heterocycles. The minimum atomic E-state index is -2.83. The number of phenolic OH excluding ortho intramolecular Hbond substituents is 1. The molecule has 1 aliphatic heterocycles. The Morgan fingerprint density at radius 2 is 2.11 bits per heavy atom. The van der Waals surface area contributed by atoms with Crippen LogP contribution in [0, 0.1) is 0 Å². The van der Waals surface area contributed by atoms with Crippen LogP contribution in [-0.2, 0) is 16.3 Å². The van der Waals surface area contributed by atoms with Crippen molar-refractivity contribution < 1.29 is 13.5 Å². The van der Waals surface area contributed by atoms with Crippen LogP contribution in [0.1, 0.15) is 30.0 Å². The molecule has 0 saturated carbocycles. The van der Waals surface area contributed by atoms with Crippen LogP contribution in [0.3, 0.4) is 0 Å². The molecule has 18 heavy (non-hydrogen) atoms. The van der Waals surface area contributed by atoms with Crippen molar-refractivity contribution in [3.8, 4) is 5.75 Å². The van der Waals surface area contributed by atoms with Gasteiger partial charge in [0.25, 0.3) is 0 Å². The van der Waals surface area contributed by atoms with Crippen LogP contribution < -0.4 is 5.32 Å². The molecule has 0 bridgehead atoms. The average molecular weight is 267 g/mol. The van der Waals surface area contributed by atoms with Crippen LogP contribution in [0.5, 0.6) is 5.75 Å². The Labute approximate surface area is 107 Å². The van der Waals surface area contributed by atoms with Crippen molar-refractivity contribution in [1.82, 2.24) is 5.32 Å². The SMILES string of the molecule is O=S1(=O)CCC(NC2CCc3c(O)cccc32)C1. The first-order valence-corrected chi connectivity index (χ1v) is 8.14. The normalized spacial score (nSPS) is 29.3. The molecule has 3 rings (SSSR count). The Hall–Kier alpha value is -1.07. The van der Waals surface area contributed by atoms with E-state index in [1.165, 1.54) is 0 Å². The zero-order valence-electron chi connectivity index (χ0n) is 10.1. The molecular weight excluding hydrogens is 250 g/mol. The fourth-order valence-corrected chi connectivity index (χ4v) is 4.71. The molecule has 2 N–H and O–H groups in total. The molecule has 1 fully saturated rings. The third kappa shape index (κ3) is 2.12. The maximum atomic E-state index is 11.4. The summed E-state index contributed by atoms with van der Waals surface area (Å²) < 4.78 is 22.9. The second kappa shape index (κ2) is 4.24. The van der Waals surface area contributed by atoms with Crippen molar-refractivity contribution in [3.63, 3.8) is 0 Å². The summed E-state index contributed by atoms with van der Waals surface area (Å²) in [5, 5.41) is 13.2. The van der Waals surface area contributed by atoms with Crippen LogP contribution in [0.15, 0.2) is 18.2 Å². The number of aromatic hydroxyl groups is 1. The number of rotatable bonds is 2. The van der Waals surface area contributed by atoms with Gasteiger partial charge in [-0.2, -0.15) is 0 Å². The standard InChI is InChI=1S/C13H17NO3S/c15-13-3-1-2-10-11(13)4-5-12(10)14-9-6-7-18(16,17)8-9/h1-3,9,12,14-15H,4-8H2. The Balaban J connectivity index is 1.76. The van der Waals surface area contributed by atoms with Gasteiger partial charge < -0.3 is 10.4 Å². The smallest absolute Gasteiger partial charge is 0.151 e. The minimum absolute atomic E-state index is 0.0632. The summed E-state index contributed by atoms with van der Waals surface area (Å²) in [4.78, 5) is 0. The van der Waals surface area contributed by atoms with E-state index in [-0.39, 0.29) is 17.8 Å². The van der Waals surface area contributed by atoms with E-state index in [1.54, 1.807) is 6.07 Å². The van der Waals surface area contributed by atoms with Crippen molar-refractivity contribution in [2.75, 3.05) is 11.5 Å². The lowest BCUT2D eigenvalue weighted by Gasteiger charge is -2.18. The number of benzene rings is 1. The van der Waals surface area contributed by atoms with Gasteiger partial charge in [-0.25, -0.2) is 8.42 Å². The number of fused-ring (bicyclic) bond motifs is 1. The van der Waals surface area contributed by atoms with Crippen molar-refractivity contribution in [2.24, 2.45) is 0 Å². The summed E-state index contributed by atoms with van der Waals surface area (Å²) in [6.45, 7) is 0. The van der Waals surface area contributed by atoms with Crippen molar-refractivity contribution in [2.45, 2.75) is 31.3 Å². The summed E-state index contributed by atoms with van der Waals surface area (Å²) in [6, 6.07) is 5.82.